The molecule has 2 aliphatic rings. The predicted molar refractivity (Wildman–Crippen MR) is 121 cm³/mol. The van der Waals surface area contributed by atoms with E-state index in [4.69, 9.17) is 14.2 Å². The van der Waals surface area contributed by atoms with Gasteiger partial charge in [-0.05, 0) is 67.9 Å². The SMILES string of the molecule is CCc1cc(OCC(F)(F)F)cc(C)c1C1=C(OC(=O)C(C)C)C2(CCC(OC)CC2)CC1=O. The number of allylic oxidation sites excluding steroid dienone is 2. The fourth-order valence-corrected chi connectivity index (χ4v) is 4.99. The molecule has 5 nitrogen and oxygen atoms in total. The maximum Gasteiger partial charge on any atom is 0.422 e. The molecular formula is C26H33F3O5. The van der Waals surface area contributed by atoms with Gasteiger partial charge in [-0.1, -0.05) is 20.8 Å². The lowest BCUT2D eigenvalue weighted by Crippen LogP contribution is -2.33. The van der Waals surface area contributed by atoms with Crippen molar-refractivity contribution in [2.45, 2.75) is 78.5 Å². The van der Waals surface area contributed by atoms with Crippen LogP contribution < -0.4 is 4.74 Å². The Bertz CT molecular complexity index is 969. The van der Waals surface area contributed by atoms with Crippen LogP contribution in [0.5, 0.6) is 5.75 Å². The summed E-state index contributed by atoms with van der Waals surface area (Å²) >= 11 is 0. The molecule has 0 atom stereocenters. The third-order valence-electron chi connectivity index (χ3n) is 6.81. The van der Waals surface area contributed by atoms with E-state index in [-0.39, 0.29) is 30.0 Å². The zero-order valence-electron chi connectivity index (χ0n) is 20.4. The molecule has 1 fully saturated rings. The molecule has 0 unspecified atom stereocenters. The Hall–Kier alpha value is -2.35. The summed E-state index contributed by atoms with van der Waals surface area (Å²) in [6.07, 6.45) is -0.801. The van der Waals surface area contributed by atoms with Gasteiger partial charge in [0.1, 0.15) is 11.5 Å². The largest absolute Gasteiger partial charge is 0.484 e. The summed E-state index contributed by atoms with van der Waals surface area (Å²) in [4.78, 5) is 26.1. The van der Waals surface area contributed by atoms with Crippen molar-refractivity contribution in [1.29, 1.82) is 0 Å². The average molecular weight is 483 g/mol. The summed E-state index contributed by atoms with van der Waals surface area (Å²) in [7, 11) is 1.67. The smallest absolute Gasteiger partial charge is 0.422 e. The summed E-state index contributed by atoms with van der Waals surface area (Å²) in [6, 6.07) is 3.05. The lowest BCUT2D eigenvalue weighted by molar-refractivity contribution is -0.153. The van der Waals surface area contributed by atoms with Crippen LogP contribution in [0.2, 0.25) is 0 Å². The molecule has 0 bridgehead atoms. The summed E-state index contributed by atoms with van der Waals surface area (Å²) < 4.78 is 54.4. The number of methoxy groups -OCH3 is 1. The number of alkyl halides is 3. The molecule has 0 radical (unpaired) electrons. The van der Waals surface area contributed by atoms with Crippen molar-refractivity contribution in [3.8, 4) is 5.75 Å². The maximum atomic E-state index is 13.5. The molecule has 0 N–H and O–H groups in total. The Morgan fingerprint density at radius 3 is 2.38 bits per heavy atom. The van der Waals surface area contributed by atoms with Gasteiger partial charge in [-0.25, -0.2) is 0 Å². The Morgan fingerprint density at radius 2 is 1.85 bits per heavy atom. The number of rotatable bonds is 7. The first kappa shape index (κ1) is 26.3. The number of hydrogen-bond donors (Lipinski definition) is 0. The number of benzene rings is 1. The van der Waals surface area contributed by atoms with Crippen molar-refractivity contribution < 1.29 is 37.0 Å². The molecule has 1 saturated carbocycles. The second-order valence-corrected chi connectivity index (χ2v) is 9.63. The monoisotopic (exact) mass is 482 g/mol. The number of esters is 1. The molecular weight excluding hydrogens is 449 g/mol. The van der Waals surface area contributed by atoms with Gasteiger partial charge in [-0.15, -0.1) is 0 Å². The first-order valence-corrected chi connectivity index (χ1v) is 11.8. The van der Waals surface area contributed by atoms with Crippen molar-refractivity contribution >= 4 is 17.3 Å². The number of ketones is 1. The summed E-state index contributed by atoms with van der Waals surface area (Å²) in [5.74, 6) is -0.382. The quantitative estimate of drug-likeness (QED) is 0.449. The summed E-state index contributed by atoms with van der Waals surface area (Å²) in [5, 5.41) is 0. The maximum absolute atomic E-state index is 13.5. The minimum absolute atomic E-state index is 0.0949. The molecule has 3 rings (SSSR count). The van der Waals surface area contributed by atoms with Crippen LogP contribution >= 0.6 is 0 Å². The molecule has 0 aromatic heterocycles. The van der Waals surface area contributed by atoms with Gasteiger partial charge in [0.2, 0.25) is 0 Å². The van der Waals surface area contributed by atoms with Crippen LogP contribution in [0.25, 0.3) is 5.57 Å². The third-order valence-corrected chi connectivity index (χ3v) is 6.81. The van der Waals surface area contributed by atoms with Gasteiger partial charge in [0, 0.05) is 18.9 Å². The van der Waals surface area contributed by atoms with Gasteiger partial charge in [-0.3, -0.25) is 9.59 Å². The van der Waals surface area contributed by atoms with Crippen LogP contribution in [0.15, 0.2) is 17.9 Å². The Labute approximate surface area is 198 Å². The van der Waals surface area contributed by atoms with Crippen LogP contribution in [0.4, 0.5) is 13.2 Å². The van der Waals surface area contributed by atoms with Crippen molar-refractivity contribution in [3.63, 3.8) is 0 Å². The highest BCUT2D eigenvalue weighted by Gasteiger charge is 2.50. The molecule has 0 aliphatic heterocycles. The van der Waals surface area contributed by atoms with Crippen LogP contribution in [0.3, 0.4) is 0 Å². The zero-order chi connectivity index (χ0) is 25.3. The topological polar surface area (TPSA) is 61.8 Å². The molecule has 0 saturated heterocycles. The molecule has 8 heteroatoms. The van der Waals surface area contributed by atoms with Crippen molar-refractivity contribution in [1.82, 2.24) is 0 Å². The fraction of sp³-hybridized carbons (Fsp3) is 0.615. The number of ether oxygens (including phenoxy) is 3. The Kier molecular flexibility index (Phi) is 7.80. The van der Waals surface area contributed by atoms with Gasteiger partial charge in [-0.2, -0.15) is 13.2 Å². The first-order chi connectivity index (χ1) is 15.9. The molecule has 1 aromatic rings. The van der Waals surface area contributed by atoms with Gasteiger partial charge in [0.25, 0.3) is 0 Å². The van der Waals surface area contributed by atoms with E-state index in [0.717, 1.165) is 12.8 Å². The van der Waals surface area contributed by atoms with Crippen molar-refractivity contribution in [3.05, 3.63) is 34.6 Å². The van der Waals surface area contributed by atoms with E-state index >= 15 is 0 Å². The van der Waals surface area contributed by atoms with Gasteiger partial charge < -0.3 is 14.2 Å². The van der Waals surface area contributed by atoms with Crippen molar-refractivity contribution in [2.75, 3.05) is 13.7 Å². The van der Waals surface area contributed by atoms with Gasteiger partial charge >= 0.3 is 12.1 Å². The van der Waals surface area contributed by atoms with Crippen LogP contribution in [-0.2, 0) is 25.5 Å². The second kappa shape index (κ2) is 10.1. The molecule has 0 amide bonds. The van der Waals surface area contributed by atoms with E-state index in [0.29, 0.717) is 47.3 Å². The number of aryl methyl sites for hydroxylation is 2. The summed E-state index contributed by atoms with van der Waals surface area (Å²) in [6.45, 7) is 5.69. The number of halogens is 3. The number of carbonyl (C=O) groups excluding carboxylic acids is 2. The standard InChI is InChI=1S/C26H33F3O5/c1-6-17-12-19(33-14-26(27,28)29)11-16(4)21(17)22-20(30)13-25(9-7-18(32-5)8-10-25)23(22)34-24(31)15(2)3/h11-12,15,18H,6-10,13-14H2,1-5H3. The van der Waals surface area contributed by atoms with Crippen LogP contribution in [0.1, 0.15) is 69.6 Å². The highest BCUT2D eigenvalue weighted by atomic mass is 19.4. The Morgan fingerprint density at radius 1 is 1.21 bits per heavy atom. The number of hydrogen-bond acceptors (Lipinski definition) is 5. The number of carbonyl (C=O) groups is 2. The van der Waals surface area contributed by atoms with Gasteiger partial charge in [0.15, 0.2) is 12.4 Å². The second-order valence-electron chi connectivity index (χ2n) is 9.63. The summed E-state index contributed by atoms with van der Waals surface area (Å²) in [5.41, 5.74) is 1.72. The Balaban J connectivity index is 2.11. The highest BCUT2D eigenvalue weighted by Crippen LogP contribution is 2.55. The van der Waals surface area contributed by atoms with E-state index < -0.39 is 24.2 Å². The molecule has 2 aliphatic carbocycles. The lowest BCUT2D eigenvalue weighted by Gasteiger charge is -2.37. The lowest BCUT2D eigenvalue weighted by atomic mass is 9.71. The van der Waals surface area contributed by atoms with Gasteiger partial charge in [0.05, 0.1) is 17.6 Å². The van der Waals surface area contributed by atoms with E-state index in [9.17, 15) is 22.8 Å². The predicted octanol–water partition coefficient (Wildman–Crippen LogP) is 5.96. The van der Waals surface area contributed by atoms with Crippen molar-refractivity contribution in [2.24, 2.45) is 11.3 Å². The van der Waals surface area contributed by atoms with E-state index in [1.807, 2.05) is 6.92 Å². The third kappa shape index (κ3) is 5.48. The van der Waals surface area contributed by atoms with Crippen LogP contribution in [-0.4, -0.2) is 37.7 Å². The average Bonchev–Trinajstić information content (AvgIpc) is 3.02. The minimum atomic E-state index is -4.45. The van der Waals surface area contributed by atoms with E-state index in [1.54, 1.807) is 33.9 Å². The van der Waals surface area contributed by atoms with Crippen LogP contribution in [0, 0.1) is 18.3 Å². The molecule has 1 spiro atoms. The number of Topliss-reactive ketones (excluding diaryl/α,β-unsaturated/α-hetero) is 1. The van der Waals surface area contributed by atoms with E-state index in [2.05, 4.69) is 0 Å². The minimum Gasteiger partial charge on any atom is -0.484 e. The highest BCUT2D eigenvalue weighted by molar-refractivity contribution is 6.25. The normalized spacial score (nSPS) is 23.2. The molecule has 188 valence electrons. The molecule has 1 aromatic carbocycles. The zero-order valence-corrected chi connectivity index (χ0v) is 20.4. The molecule has 0 heterocycles. The first-order valence-electron chi connectivity index (χ1n) is 11.8. The molecule has 34 heavy (non-hydrogen) atoms. The van der Waals surface area contributed by atoms with E-state index in [1.165, 1.54) is 6.07 Å². The fourth-order valence-electron chi connectivity index (χ4n) is 4.99.